The summed E-state index contributed by atoms with van der Waals surface area (Å²) in [6, 6.07) is 5.48. The number of urea groups is 1. The van der Waals surface area contributed by atoms with Crippen molar-refractivity contribution < 1.29 is 9.59 Å². The van der Waals surface area contributed by atoms with Crippen LogP contribution in [-0.4, -0.2) is 18.0 Å². The van der Waals surface area contributed by atoms with E-state index in [2.05, 4.69) is 10.6 Å². The smallest absolute Gasteiger partial charge is 0.316 e. The van der Waals surface area contributed by atoms with Crippen molar-refractivity contribution in [2.45, 2.75) is 26.3 Å². The summed E-state index contributed by atoms with van der Waals surface area (Å²) in [5.41, 5.74) is 12.0. The van der Waals surface area contributed by atoms with Gasteiger partial charge in [-0.25, -0.2) is 4.79 Å². The molecule has 0 spiro atoms. The number of anilines is 2. The molecule has 6 heteroatoms. The minimum absolute atomic E-state index is 0.218. The van der Waals surface area contributed by atoms with Crippen LogP contribution in [-0.2, 0) is 4.79 Å². The lowest BCUT2D eigenvalue weighted by Gasteiger charge is -2.14. The fourth-order valence-electron chi connectivity index (χ4n) is 1.63. The van der Waals surface area contributed by atoms with Crippen LogP contribution >= 0.6 is 0 Å². The van der Waals surface area contributed by atoms with E-state index in [1.165, 1.54) is 0 Å². The minimum atomic E-state index is -0.629. The van der Waals surface area contributed by atoms with Gasteiger partial charge in [0.05, 0.1) is 6.04 Å². The number of hydrogen-bond acceptors (Lipinski definition) is 3. The molecule has 0 saturated heterocycles. The minimum Gasteiger partial charge on any atom is -0.351 e. The highest BCUT2D eigenvalue weighted by molar-refractivity contribution is 5.95. The maximum absolute atomic E-state index is 11.8. The average Bonchev–Trinajstić information content (AvgIpc) is 2.30. The molecule has 0 bridgehead atoms. The van der Waals surface area contributed by atoms with Crippen LogP contribution in [0.4, 0.5) is 16.2 Å². The molecule has 104 valence electrons. The van der Waals surface area contributed by atoms with Crippen LogP contribution in [0.25, 0.3) is 0 Å². The first-order valence-corrected chi connectivity index (χ1v) is 6.11. The zero-order valence-electron chi connectivity index (χ0n) is 11.1. The Balaban J connectivity index is 2.57. The summed E-state index contributed by atoms with van der Waals surface area (Å²) in [6.45, 7) is 4.02. The molecule has 0 fully saturated rings. The Morgan fingerprint density at radius 2 is 1.58 bits per heavy atom. The molecule has 6 N–H and O–H groups in total. The van der Waals surface area contributed by atoms with Gasteiger partial charge in [0, 0.05) is 11.4 Å². The van der Waals surface area contributed by atoms with E-state index in [4.69, 9.17) is 11.5 Å². The van der Waals surface area contributed by atoms with Crippen molar-refractivity contribution in [2.24, 2.45) is 17.4 Å². The van der Waals surface area contributed by atoms with Gasteiger partial charge < -0.3 is 22.1 Å². The van der Waals surface area contributed by atoms with E-state index >= 15 is 0 Å². The standard InChI is InChI=1S/C13H20N4O2/c1-8(2)7-11(14)12(18)16-9-3-5-10(6-4-9)17-13(15)19/h3-6,8,11H,7,14H2,1-2H3,(H,16,18)(H3,15,17,19). The van der Waals surface area contributed by atoms with Crippen LogP contribution in [0.2, 0.25) is 0 Å². The second-order valence-electron chi connectivity index (χ2n) is 4.79. The number of nitrogens with two attached hydrogens (primary N) is 2. The third kappa shape index (κ3) is 5.39. The van der Waals surface area contributed by atoms with E-state index in [0.717, 1.165) is 0 Å². The molecule has 0 saturated carbocycles. The molecule has 1 unspecified atom stereocenters. The van der Waals surface area contributed by atoms with Gasteiger partial charge in [-0.05, 0) is 36.6 Å². The maximum atomic E-state index is 11.8. The molecule has 0 aliphatic carbocycles. The Bertz CT molecular complexity index is 442. The molecule has 3 amide bonds. The zero-order chi connectivity index (χ0) is 14.4. The predicted octanol–water partition coefficient (Wildman–Crippen LogP) is 1.49. The summed E-state index contributed by atoms with van der Waals surface area (Å²) in [5, 5.41) is 5.16. The molecule has 0 heterocycles. The molecule has 1 rings (SSSR count). The molecule has 0 aromatic heterocycles. The van der Waals surface area contributed by atoms with Gasteiger partial charge in [-0.2, -0.15) is 0 Å². The van der Waals surface area contributed by atoms with E-state index in [0.29, 0.717) is 23.7 Å². The van der Waals surface area contributed by atoms with Crippen molar-refractivity contribution >= 4 is 23.3 Å². The second-order valence-corrected chi connectivity index (χ2v) is 4.79. The number of carbonyl (C=O) groups is 2. The Morgan fingerprint density at radius 1 is 1.11 bits per heavy atom. The Labute approximate surface area is 112 Å². The van der Waals surface area contributed by atoms with Gasteiger partial charge in [0.25, 0.3) is 0 Å². The number of benzene rings is 1. The lowest BCUT2D eigenvalue weighted by atomic mass is 10.0. The molecule has 0 aliphatic heterocycles. The maximum Gasteiger partial charge on any atom is 0.316 e. The van der Waals surface area contributed by atoms with Gasteiger partial charge in [0.15, 0.2) is 0 Å². The number of hydrogen-bond donors (Lipinski definition) is 4. The van der Waals surface area contributed by atoms with Crippen molar-refractivity contribution in [1.82, 2.24) is 0 Å². The van der Waals surface area contributed by atoms with E-state index in [9.17, 15) is 9.59 Å². The first-order chi connectivity index (χ1) is 8.88. The molecule has 0 aliphatic rings. The van der Waals surface area contributed by atoms with Crippen molar-refractivity contribution in [2.75, 3.05) is 10.6 Å². The third-order valence-electron chi connectivity index (χ3n) is 2.48. The molecule has 6 nitrogen and oxygen atoms in total. The first-order valence-electron chi connectivity index (χ1n) is 6.11. The van der Waals surface area contributed by atoms with Crippen molar-refractivity contribution in [1.29, 1.82) is 0 Å². The summed E-state index contributed by atoms with van der Waals surface area (Å²) in [7, 11) is 0. The van der Waals surface area contributed by atoms with Crippen LogP contribution in [0.3, 0.4) is 0 Å². The number of rotatable bonds is 5. The van der Waals surface area contributed by atoms with Gasteiger partial charge in [-0.15, -0.1) is 0 Å². The number of carbonyl (C=O) groups excluding carboxylic acids is 2. The monoisotopic (exact) mass is 264 g/mol. The molecule has 1 aromatic carbocycles. The topological polar surface area (TPSA) is 110 Å². The second kappa shape index (κ2) is 6.75. The lowest BCUT2D eigenvalue weighted by Crippen LogP contribution is -2.36. The van der Waals surface area contributed by atoms with Crippen molar-refractivity contribution in [3.05, 3.63) is 24.3 Å². The van der Waals surface area contributed by atoms with E-state index < -0.39 is 12.1 Å². The highest BCUT2D eigenvalue weighted by Crippen LogP contribution is 2.14. The van der Waals surface area contributed by atoms with Crippen LogP contribution < -0.4 is 22.1 Å². The number of nitrogens with one attached hydrogen (secondary N) is 2. The first kappa shape index (κ1) is 15.0. The van der Waals surface area contributed by atoms with Crippen molar-refractivity contribution in [3.63, 3.8) is 0 Å². The van der Waals surface area contributed by atoms with Gasteiger partial charge in [-0.3, -0.25) is 4.79 Å². The molecular weight excluding hydrogens is 244 g/mol. The van der Waals surface area contributed by atoms with Gasteiger partial charge >= 0.3 is 6.03 Å². The Morgan fingerprint density at radius 3 is 2.00 bits per heavy atom. The van der Waals surface area contributed by atoms with Crippen LogP contribution in [0.1, 0.15) is 20.3 Å². The van der Waals surface area contributed by atoms with Crippen LogP contribution in [0.5, 0.6) is 0 Å². The average molecular weight is 264 g/mol. The van der Waals surface area contributed by atoms with E-state index in [-0.39, 0.29) is 5.91 Å². The molecule has 19 heavy (non-hydrogen) atoms. The Hall–Kier alpha value is -2.08. The molecule has 1 atom stereocenters. The third-order valence-corrected chi connectivity index (χ3v) is 2.48. The summed E-state index contributed by atoms with van der Waals surface area (Å²) >= 11 is 0. The number of amides is 3. The molecular formula is C13H20N4O2. The van der Waals surface area contributed by atoms with Crippen LogP contribution in [0, 0.1) is 5.92 Å². The number of primary amides is 1. The van der Waals surface area contributed by atoms with Crippen LogP contribution in [0.15, 0.2) is 24.3 Å². The summed E-state index contributed by atoms with van der Waals surface area (Å²) in [6.07, 6.45) is 0.632. The highest BCUT2D eigenvalue weighted by Gasteiger charge is 2.14. The lowest BCUT2D eigenvalue weighted by molar-refractivity contribution is -0.117. The summed E-state index contributed by atoms with van der Waals surface area (Å²) < 4.78 is 0. The molecule has 1 aromatic rings. The molecule has 0 radical (unpaired) electrons. The fraction of sp³-hybridized carbons (Fsp3) is 0.385. The highest BCUT2D eigenvalue weighted by atomic mass is 16.2. The van der Waals surface area contributed by atoms with Gasteiger partial charge in [0.2, 0.25) is 5.91 Å². The summed E-state index contributed by atoms with van der Waals surface area (Å²) in [5.74, 6) is 0.146. The quantitative estimate of drug-likeness (QED) is 0.646. The zero-order valence-corrected chi connectivity index (χ0v) is 11.1. The van der Waals surface area contributed by atoms with Gasteiger partial charge in [-0.1, -0.05) is 13.8 Å². The van der Waals surface area contributed by atoms with Gasteiger partial charge in [0.1, 0.15) is 0 Å². The fourth-order valence-corrected chi connectivity index (χ4v) is 1.63. The van der Waals surface area contributed by atoms with E-state index in [1.54, 1.807) is 24.3 Å². The predicted molar refractivity (Wildman–Crippen MR) is 75.7 cm³/mol. The van der Waals surface area contributed by atoms with E-state index in [1.807, 2.05) is 13.8 Å². The largest absolute Gasteiger partial charge is 0.351 e. The Kier molecular flexibility index (Phi) is 5.32. The summed E-state index contributed by atoms with van der Waals surface area (Å²) in [4.78, 5) is 22.4. The van der Waals surface area contributed by atoms with Crippen molar-refractivity contribution in [3.8, 4) is 0 Å². The normalized spacial score (nSPS) is 12.0. The SMILES string of the molecule is CC(C)CC(N)C(=O)Nc1ccc(NC(N)=O)cc1.